The van der Waals surface area contributed by atoms with Crippen LogP contribution in [-0.2, 0) is 33.3 Å². The van der Waals surface area contributed by atoms with Gasteiger partial charge >= 0.3 is 24.0 Å². The Kier molecular flexibility index (Phi) is 8.68. The lowest BCUT2D eigenvalue weighted by molar-refractivity contribution is -0.167. The highest BCUT2D eigenvalue weighted by atomic mass is 16.7. The van der Waals surface area contributed by atoms with Crippen LogP contribution in [0.15, 0.2) is 18.2 Å². The molecule has 32 heavy (non-hydrogen) atoms. The fourth-order valence-corrected chi connectivity index (χ4v) is 3.41. The summed E-state index contributed by atoms with van der Waals surface area (Å²) in [5.41, 5.74) is 0.549. The molecule has 0 bridgehead atoms. The first-order valence-corrected chi connectivity index (χ1v) is 9.84. The van der Waals surface area contributed by atoms with E-state index in [4.69, 9.17) is 28.4 Å². The average Bonchev–Trinajstić information content (AvgIpc) is 3.18. The van der Waals surface area contributed by atoms with Gasteiger partial charge < -0.3 is 33.7 Å². The quantitative estimate of drug-likeness (QED) is 0.434. The molecule has 1 aromatic rings. The number of methoxy groups -OCH3 is 1. The number of carbonyl (C=O) groups excluding carboxylic acids is 4. The molecule has 0 unspecified atom stereocenters. The van der Waals surface area contributed by atoms with Crippen molar-refractivity contribution >= 4 is 24.0 Å². The Hall–Kier alpha value is -3.50. The molecule has 0 saturated heterocycles. The van der Waals surface area contributed by atoms with E-state index in [1.807, 2.05) is 0 Å². The molecule has 11 nitrogen and oxygen atoms in total. The molecule has 0 saturated carbocycles. The lowest BCUT2D eigenvalue weighted by Gasteiger charge is -2.36. The molecule has 0 aliphatic carbocycles. The maximum Gasteiger partial charge on any atom is 0.407 e. The van der Waals surface area contributed by atoms with Gasteiger partial charge in [0.15, 0.2) is 11.5 Å². The van der Waals surface area contributed by atoms with E-state index >= 15 is 0 Å². The summed E-state index contributed by atoms with van der Waals surface area (Å²) in [5, 5.41) is 2.61. The van der Waals surface area contributed by atoms with Crippen molar-refractivity contribution < 1.29 is 47.6 Å². The number of nitrogens with one attached hydrogen (secondary N) is 1. The van der Waals surface area contributed by atoms with Gasteiger partial charge in [-0.1, -0.05) is 6.07 Å². The molecule has 4 atom stereocenters. The van der Waals surface area contributed by atoms with Crippen molar-refractivity contribution in [2.24, 2.45) is 0 Å². The molecular formula is C21H27NO10. The highest BCUT2D eigenvalue weighted by molar-refractivity contribution is 5.69. The fourth-order valence-electron chi connectivity index (χ4n) is 3.41. The number of carbonyl (C=O) groups is 4. The number of amides is 1. The van der Waals surface area contributed by atoms with Crippen molar-refractivity contribution in [1.82, 2.24) is 5.32 Å². The minimum absolute atomic E-state index is 0.0396. The first-order valence-electron chi connectivity index (χ1n) is 9.84. The third-order valence-corrected chi connectivity index (χ3v) is 4.64. The largest absolute Gasteiger partial charge is 0.464 e. The van der Waals surface area contributed by atoms with Gasteiger partial charge in [-0.05, 0) is 24.6 Å². The van der Waals surface area contributed by atoms with E-state index in [0.29, 0.717) is 17.1 Å². The Bertz CT molecular complexity index is 855. The second-order valence-corrected chi connectivity index (χ2v) is 7.07. The first-order chi connectivity index (χ1) is 15.1. The molecule has 1 aliphatic rings. The highest BCUT2D eigenvalue weighted by Crippen LogP contribution is 2.38. The summed E-state index contributed by atoms with van der Waals surface area (Å²) in [6.07, 6.45) is -2.77. The van der Waals surface area contributed by atoms with Crippen LogP contribution in [0.2, 0.25) is 0 Å². The topological polar surface area (TPSA) is 136 Å². The van der Waals surface area contributed by atoms with Crippen molar-refractivity contribution in [1.29, 1.82) is 0 Å². The Morgan fingerprint density at radius 2 is 1.66 bits per heavy atom. The summed E-state index contributed by atoms with van der Waals surface area (Å²) in [5.74, 6) is -1.68. The number of rotatable bonds is 9. The summed E-state index contributed by atoms with van der Waals surface area (Å²) in [6, 6.07) is 4.08. The molecule has 1 N–H and O–H groups in total. The third kappa shape index (κ3) is 6.76. The number of hydrogen-bond acceptors (Lipinski definition) is 10. The molecule has 0 spiro atoms. The molecule has 0 fully saturated rings. The summed E-state index contributed by atoms with van der Waals surface area (Å²) >= 11 is 0. The van der Waals surface area contributed by atoms with Crippen molar-refractivity contribution in [3.63, 3.8) is 0 Å². The fraction of sp³-hybridized carbons (Fsp3) is 0.524. The average molecular weight is 453 g/mol. The second-order valence-electron chi connectivity index (χ2n) is 7.07. The zero-order valence-corrected chi connectivity index (χ0v) is 18.5. The predicted octanol–water partition coefficient (Wildman–Crippen LogP) is 1.67. The third-order valence-electron chi connectivity index (χ3n) is 4.64. The molecule has 1 aromatic carbocycles. The lowest BCUT2D eigenvalue weighted by Crippen LogP contribution is -2.50. The zero-order valence-electron chi connectivity index (χ0n) is 18.5. The highest BCUT2D eigenvalue weighted by Gasteiger charge is 2.40. The van der Waals surface area contributed by atoms with Gasteiger partial charge in [0.25, 0.3) is 0 Å². The SMILES string of the molecule is COC(=O)N[C@@H](COC(C)=O)[C@@H](c1ccc2c(c1)OCO2)[C@@H](OC(C)=O)[C@@H](C)OC(C)=O. The molecule has 176 valence electrons. The number of benzene rings is 1. The number of hydrogen-bond donors (Lipinski definition) is 1. The molecule has 1 aliphatic heterocycles. The first kappa shape index (κ1) is 24.8. The van der Waals surface area contributed by atoms with E-state index in [1.54, 1.807) is 25.1 Å². The smallest absolute Gasteiger partial charge is 0.407 e. The van der Waals surface area contributed by atoms with Crippen molar-refractivity contribution in [2.45, 2.75) is 51.9 Å². The number of esters is 3. The van der Waals surface area contributed by atoms with E-state index in [2.05, 4.69) is 5.32 Å². The maximum absolute atomic E-state index is 12.1. The summed E-state index contributed by atoms with van der Waals surface area (Å²) in [6.45, 7) is 4.97. The van der Waals surface area contributed by atoms with Gasteiger partial charge in [-0.3, -0.25) is 14.4 Å². The number of alkyl carbamates (subject to hydrolysis) is 1. The number of fused-ring (bicyclic) bond motifs is 1. The van der Waals surface area contributed by atoms with Gasteiger partial charge in [0.05, 0.1) is 13.2 Å². The zero-order chi connectivity index (χ0) is 23.8. The van der Waals surface area contributed by atoms with Crippen molar-refractivity contribution in [3.8, 4) is 11.5 Å². The normalized spacial score (nSPS) is 15.5. The minimum atomic E-state index is -1.06. The molecule has 2 rings (SSSR count). The second kappa shape index (κ2) is 11.2. The van der Waals surface area contributed by atoms with Crippen LogP contribution in [0.5, 0.6) is 11.5 Å². The van der Waals surface area contributed by atoms with E-state index in [1.165, 1.54) is 27.9 Å². The van der Waals surface area contributed by atoms with Crippen LogP contribution in [0.1, 0.15) is 39.2 Å². The van der Waals surface area contributed by atoms with Crippen LogP contribution >= 0.6 is 0 Å². The Morgan fingerprint density at radius 1 is 1.00 bits per heavy atom. The summed E-state index contributed by atoms with van der Waals surface area (Å²) in [4.78, 5) is 47.1. The van der Waals surface area contributed by atoms with Gasteiger partial charge in [0.2, 0.25) is 6.79 Å². The van der Waals surface area contributed by atoms with Gasteiger partial charge in [0.1, 0.15) is 18.8 Å². The molecule has 0 radical (unpaired) electrons. The van der Waals surface area contributed by atoms with E-state index in [9.17, 15) is 19.2 Å². The van der Waals surface area contributed by atoms with Gasteiger partial charge in [-0.15, -0.1) is 0 Å². The monoisotopic (exact) mass is 453 g/mol. The van der Waals surface area contributed by atoms with Crippen LogP contribution in [0, 0.1) is 0 Å². The maximum atomic E-state index is 12.1. The van der Waals surface area contributed by atoms with Crippen LogP contribution in [0.4, 0.5) is 4.79 Å². The van der Waals surface area contributed by atoms with E-state index in [-0.39, 0.29) is 13.4 Å². The Labute approximate surface area is 185 Å². The molecule has 1 heterocycles. The lowest BCUT2D eigenvalue weighted by atomic mass is 9.84. The summed E-state index contributed by atoms with van der Waals surface area (Å²) in [7, 11) is 1.18. The Morgan fingerprint density at radius 3 is 2.25 bits per heavy atom. The molecule has 0 aromatic heterocycles. The van der Waals surface area contributed by atoms with Gasteiger partial charge in [0, 0.05) is 26.7 Å². The molecule has 11 heteroatoms. The van der Waals surface area contributed by atoms with Crippen LogP contribution in [0.3, 0.4) is 0 Å². The van der Waals surface area contributed by atoms with E-state index in [0.717, 1.165) is 0 Å². The molecular weight excluding hydrogens is 426 g/mol. The van der Waals surface area contributed by atoms with E-state index < -0.39 is 48.2 Å². The van der Waals surface area contributed by atoms with Gasteiger partial charge in [-0.2, -0.15) is 0 Å². The predicted molar refractivity (Wildman–Crippen MR) is 108 cm³/mol. The van der Waals surface area contributed by atoms with Gasteiger partial charge in [-0.25, -0.2) is 4.79 Å². The van der Waals surface area contributed by atoms with Crippen LogP contribution in [-0.4, -0.2) is 62.8 Å². The van der Waals surface area contributed by atoms with Crippen LogP contribution in [0.25, 0.3) is 0 Å². The number of ether oxygens (including phenoxy) is 6. The minimum Gasteiger partial charge on any atom is -0.464 e. The molecule has 1 amide bonds. The summed E-state index contributed by atoms with van der Waals surface area (Å²) < 4.78 is 31.5. The van der Waals surface area contributed by atoms with Crippen LogP contribution < -0.4 is 14.8 Å². The van der Waals surface area contributed by atoms with Crippen molar-refractivity contribution in [3.05, 3.63) is 23.8 Å². The van der Waals surface area contributed by atoms with Crippen molar-refractivity contribution in [2.75, 3.05) is 20.5 Å². The Balaban J connectivity index is 2.57. The standard InChI is InChI=1S/C21H27NO10/c1-11(31-13(3)24)20(32-14(4)25)19(15-6-7-17-18(8-15)30-10-29-17)16(9-28-12(2)23)22-21(26)27-5/h6-8,11,16,19-20H,9-10H2,1-5H3,(H,22,26)/t11-,16+,19-,20+/m1/s1.